The quantitative estimate of drug-likeness (QED) is 0.877. The van der Waals surface area contributed by atoms with Crippen LogP contribution in [0.3, 0.4) is 0 Å². The van der Waals surface area contributed by atoms with Crippen LogP contribution < -0.4 is 5.32 Å². The standard InChI is InChI=1S/C20H31N7O/c1-4-26-17(7-10-21-26)15-8-12-25(13-9-15)20(28)22-16-6-5-11-27-19(16)23-18(24-27)14(2)3/h7,10,14-16H,4-6,8-9,11-13H2,1-3H3,(H,22,28). The molecule has 4 heterocycles. The fraction of sp³-hybridized carbons (Fsp3) is 0.700. The first-order valence-electron chi connectivity index (χ1n) is 10.6. The average molecular weight is 386 g/mol. The number of hydrogen-bond acceptors (Lipinski definition) is 4. The summed E-state index contributed by atoms with van der Waals surface area (Å²) in [4.78, 5) is 19.5. The van der Waals surface area contributed by atoms with E-state index in [1.165, 1.54) is 5.69 Å². The number of carbonyl (C=O) groups is 1. The van der Waals surface area contributed by atoms with E-state index in [2.05, 4.69) is 47.0 Å². The minimum Gasteiger partial charge on any atom is -0.328 e. The molecule has 8 nitrogen and oxygen atoms in total. The van der Waals surface area contributed by atoms with Crippen LogP contribution >= 0.6 is 0 Å². The van der Waals surface area contributed by atoms with E-state index in [1.54, 1.807) is 0 Å². The zero-order valence-corrected chi connectivity index (χ0v) is 17.1. The molecule has 1 saturated heterocycles. The van der Waals surface area contributed by atoms with Crippen molar-refractivity contribution in [2.24, 2.45) is 0 Å². The van der Waals surface area contributed by atoms with Crippen molar-refractivity contribution in [1.82, 2.24) is 34.8 Å². The Kier molecular flexibility index (Phi) is 5.37. The fourth-order valence-corrected chi connectivity index (χ4v) is 4.32. The largest absolute Gasteiger partial charge is 0.328 e. The van der Waals surface area contributed by atoms with Gasteiger partial charge in [0.1, 0.15) is 5.82 Å². The molecule has 152 valence electrons. The molecule has 28 heavy (non-hydrogen) atoms. The number of fused-ring (bicyclic) bond motifs is 1. The van der Waals surface area contributed by atoms with Crippen LogP contribution in [0.25, 0.3) is 0 Å². The van der Waals surface area contributed by atoms with Crippen LogP contribution in [0, 0.1) is 0 Å². The maximum Gasteiger partial charge on any atom is 0.317 e. The molecule has 2 amide bonds. The van der Waals surface area contributed by atoms with E-state index >= 15 is 0 Å². The number of hydrogen-bond donors (Lipinski definition) is 1. The molecule has 0 radical (unpaired) electrons. The number of aromatic nitrogens is 5. The summed E-state index contributed by atoms with van der Waals surface area (Å²) in [5.41, 5.74) is 1.30. The van der Waals surface area contributed by atoms with Crippen LogP contribution in [0.4, 0.5) is 4.79 Å². The van der Waals surface area contributed by atoms with Gasteiger partial charge in [0, 0.05) is 49.9 Å². The van der Waals surface area contributed by atoms with Crippen molar-refractivity contribution >= 4 is 6.03 Å². The number of likely N-dealkylation sites (tertiary alicyclic amines) is 1. The molecule has 8 heteroatoms. The minimum atomic E-state index is -0.0412. The van der Waals surface area contributed by atoms with Gasteiger partial charge in [0.25, 0.3) is 0 Å². The lowest BCUT2D eigenvalue weighted by molar-refractivity contribution is 0.173. The van der Waals surface area contributed by atoms with E-state index in [0.717, 1.165) is 63.5 Å². The van der Waals surface area contributed by atoms with E-state index in [-0.39, 0.29) is 12.1 Å². The zero-order chi connectivity index (χ0) is 19.7. The van der Waals surface area contributed by atoms with Crippen LogP contribution in [0.1, 0.15) is 81.7 Å². The normalized spacial score (nSPS) is 20.4. The molecule has 0 aromatic carbocycles. The average Bonchev–Trinajstić information content (AvgIpc) is 3.35. The van der Waals surface area contributed by atoms with E-state index in [9.17, 15) is 4.79 Å². The number of aryl methyl sites for hydroxylation is 2. The van der Waals surface area contributed by atoms with Gasteiger partial charge in [0.15, 0.2) is 5.82 Å². The van der Waals surface area contributed by atoms with Gasteiger partial charge in [0.05, 0.1) is 6.04 Å². The predicted octanol–water partition coefficient (Wildman–Crippen LogP) is 3.04. The molecular weight excluding hydrogens is 354 g/mol. The van der Waals surface area contributed by atoms with Gasteiger partial charge in [-0.3, -0.25) is 4.68 Å². The maximum absolute atomic E-state index is 12.9. The molecule has 2 aromatic heterocycles. The highest BCUT2D eigenvalue weighted by Gasteiger charge is 2.30. The number of rotatable bonds is 4. The van der Waals surface area contributed by atoms with Crippen molar-refractivity contribution < 1.29 is 4.79 Å². The van der Waals surface area contributed by atoms with Gasteiger partial charge in [-0.25, -0.2) is 14.5 Å². The van der Waals surface area contributed by atoms with E-state index in [1.807, 2.05) is 15.8 Å². The first kappa shape index (κ1) is 19.0. The lowest BCUT2D eigenvalue weighted by Crippen LogP contribution is -2.46. The van der Waals surface area contributed by atoms with Crippen LogP contribution in [0.2, 0.25) is 0 Å². The molecule has 0 bridgehead atoms. The highest BCUT2D eigenvalue weighted by atomic mass is 16.2. The molecule has 2 aromatic rings. The fourth-order valence-electron chi connectivity index (χ4n) is 4.32. The maximum atomic E-state index is 12.9. The second kappa shape index (κ2) is 7.93. The molecule has 0 saturated carbocycles. The number of urea groups is 1. The molecular formula is C20H31N7O. The third kappa shape index (κ3) is 3.64. The van der Waals surface area contributed by atoms with Crippen molar-refractivity contribution in [3.63, 3.8) is 0 Å². The second-order valence-electron chi connectivity index (χ2n) is 8.18. The van der Waals surface area contributed by atoms with Gasteiger partial charge >= 0.3 is 6.03 Å². The first-order chi connectivity index (χ1) is 13.6. The Morgan fingerprint density at radius 3 is 2.75 bits per heavy atom. The van der Waals surface area contributed by atoms with Crippen molar-refractivity contribution in [2.75, 3.05) is 13.1 Å². The topological polar surface area (TPSA) is 80.9 Å². The Hall–Kier alpha value is -2.38. The second-order valence-corrected chi connectivity index (χ2v) is 8.18. The number of piperidine rings is 1. The smallest absolute Gasteiger partial charge is 0.317 e. The third-order valence-corrected chi connectivity index (χ3v) is 5.95. The summed E-state index contributed by atoms with van der Waals surface area (Å²) >= 11 is 0. The number of carbonyl (C=O) groups excluding carboxylic acids is 1. The van der Waals surface area contributed by atoms with Crippen molar-refractivity contribution in [3.8, 4) is 0 Å². The minimum absolute atomic E-state index is 0.0231. The predicted molar refractivity (Wildman–Crippen MR) is 106 cm³/mol. The number of nitrogens with one attached hydrogen (secondary N) is 1. The molecule has 4 rings (SSSR count). The lowest BCUT2D eigenvalue weighted by Gasteiger charge is -2.34. The molecule has 1 atom stereocenters. The van der Waals surface area contributed by atoms with Gasteiger partial charge in [-0.15, -0.1) is 0 Å². The van der Waals surface area contributed by atoms with Gasteiger partial charge < -0.3 is 10.2 Å². The summed E-state index contributed by atoms with van der Waals surface area (Å²) in [5, 5.41) is 12.2. The number of amides is 2. The Morgan fingerprint density at radius 2 is 2.04 bits per heavy atom. The van der Waals surface area contributed by atoms with Gasteiger partial charge in [-0.2, -0.15) is 10.2 Å². The summed E-state index contributed by atoms with van der Waals surface area (Å²) in [5.74, 6) is 2.55. The number of nitrogens with zero attached hydrogens (tertiary/aromatic N) is 6. The highest BCUT2D eigenvalue weighted by Crippen LogP contribution is 2.29. The molecule has 2 aliphatic heterocycles. The Labute approximate surface area is 166 Å². The first-order valence-corrected chi connectivity index (χ1v) is 10.6. The van der Waals surface area contributed by atoms with Crippen LogP contribution in [0.5, 0.6) is 0 Å². The van der Waals surface area contributed by atoms with Crippen molar-refractivity contribution in [2.45, 2.75) is 77.4 Å². The van der Waals surface area contributed by atoms with Gasteiger partial charge in [-0.1, -0.05) is 13.8 Å². The summed E-state index contributed by atoms with van der Waals surface area (Å²) in [7, 11) is 0. The van der Waals surface area contributed by atoms with Crippen LogP contribution in [-0.4, -0.2) is 48.6 Å². The Balaban J connectivity index is 1.37. The molecule has 1 N–H and O–H groups in total. The summed E-state index contributed by atoms with van der Waals surface area (Å²) in [6.45, 7) is 9.66. The molecule has 0 spiro atoms. The molecule has 1 fully saturated rings. The van der Waals surface area contributed by atoms with E-state index in [0.29, 0.717) is 11.8 Å². The van der Waals surface area contributed by atoms with Crippen LogP contribution in [-0.2, 0) is 13.1 Å². The van der Waals surface area contributed by atoms with Crippen LogP contribution in [0.15, 0.2) is 12.3 Å². The summed E-state index contributed by atoms with van der Waals surface area (Å²) < 4.78 is 4.05. The SMILES string of the molecule is CCn1nccc1C1CCN(C(=O)NC2CCCn3nc(C(C)C)nc32)CC1. The molecule has 1 unspecified atom stereocenters. The van der Waals surface area contributed by atoms with Crippen molar-refractivity contribution in [3.05, 3.63) is 29.6 Å². The zero-order valence-electron chi connectivity index (χ0n) is 17.1. The lowest BCUT2D eigenvalue weighted by atomic mass is 9.93. The van der Waals surface area contributed by atoms with E-state index < -0.39 is 0 Å². The summed E-state index contributed by atoms with van der Waals surface area (Å²) in [6.07, 6.45) is 5.79. The Bertz CT molecular complexity index is 816. The van der Waals surface area contributed by atoms with Crippen molar-refractivity contribution in [1.29, 1.82) is 0 Å². The van der Waals surface area contributed by atoms with Gasteiger partial charge in [0.2, 0.25) is 0 Å². The molecule has 0 aliphatic carbocycles. The Morgan fingerprint density at radius 1 is 1.25 bits per heavy atom. The monoisotopic (exact) mass is 385 g/mol. The third-order valence-electron chi connectivity index (χ3n) is 5.95. The van der Waals surface area contributed by atoms with E-state index in [4.69, 9.17) is 4.98 Å². The molecule has 2 aliphatic rings. The van der Waals surface area contributed by atoms with Gasteiger partial charge in [-0.05, 0) is 38.7 Å². The summed E-state index contributed by atoms with van der Waals surface area (Å²) in [6, 6.07) is 2.10. The highest BCUT2D eigenvalue weighted by molar-refractivity contribution is 5.74.